The number of amides is 3. The Bertz CT molecular complexity index is 320. The normalized spacial score (nSPS) is 13.2. The maximum absolute atomic E-state index is 11.5. The average molecular weight is 273 g/mol. The smallest absolute Gasteiger partial charge is 0.326 e. The number of hydrogen-bond acceptors (Lipinski definition) is 3. The highest BCUT2D eigenvalue weighted by molar-refractivity contribution is 5.83. The van der Waals surface area contributed by atoms with Crippen molar-refractivity contribution in [1.29, 1.82) is 0 Å². The predicted octanol–water partition coefficient (Wildman–Crippen LogP) is 0.311. The van der Waals surface area contributed by atoms with Crippen molar-refractivity contribution in [2.75, 3.05) is 13.1 Å². The van der Waals surface area contributed by atoms with Crippen LogP contribution < -0.4 is 16.0 Å². The summed E-state index contributed by atoms with van der Waals surface area (Å²) in [5.74, 6) is -1.38. The Balaban J connectivity index is 4.07. The predicted molar refractivity (Wildman–Crippen MR) is 70.7 cm³/mol. The van der Waals surface area contributed by atoms with Gasteiger partial charge in [0.1, 0.15) is 6.04 Å². The molecule has 110 valence electrons. The van der Waals surface area contributed by atoms with Crippen LogP contribution in [0.4, 0.5) is 4.79 Å². The fourth-order valence-electron chi connectivity index (χ4n) is 1.45. The molecular formula is C12H23N3O4. The molecule has 0 saturated carbocycles. The van der Waals surface area contributed by atoms with Crippen LogP contribution in [-0.4, -0.2) is 42.1 Å². The number of carbonyl (C=O) groups is 3. The Morgan fingerprint density at radius 3 is 2.26 bits per heavy atom. The second-order valence-corrected chi connectivity index (χ2v) is 4.31. The third-order valence-corrected chi connectivity index (χ3v) is 2.78. The van der Waals surface area contributed by atoms with E-state index in [0.29, 0.717) is 13.0 Å². The first-order chi connectivity index (χ1) is 8.92. The number of rotatable bonds is 8. The summed E-state index contributed by atoms with van der Waals surface area (Å²) in [6.07, 6.45) is 0.818. The van der Waals surface area contributed by atoms with Crippen molar-refractivity contribution < 1.29 is 19.5 Å². The number of hydrogen-bond donors (Lipinski definition) is 4. The van der Waals surface area contributed by atoms with Gasteiger partial charge >= 0.3 is 12.0 Å². The van der Waals surface area contributed by atoms with Crippen molar-refractivity contribution in [1.82, 2.24) is 16.0 Å². The fourth-order valence-corrected chi connectivity index (χ4v) is 1.45. The minimum Gasteiger partial charge on any atom is -0.480 e. The number of carboxylic acids is 1. The van der Waals surface area contributed by atoms with Crippen molar-refractivity contribution in [2.45, 2.75) is 39.7 Å². The molecule has 7 heteroatoms. The van der Waals surface area contributed by atoms with Gasteiger partial charge in [0, 0.05) is 19.5 Å². The van der Waals surface area contributed by atoms with Crippen LogP contribution in [0.2, 0.25) is 0 Å². The maximum Gasteiger partial charge on any atom is 0.326 e. The lowest BCUT2D eigenvalue weighted by molar-refractivity contribution is -0.140. The molecule has 0 aliphatic rings. The average Bonchev–Trinajstić information content (AvgIpc) is 2.35. The van der Waals surface area contributed by atoms with E-state index in [4.69, 9.17) is 5.11 Å². The molecule has 0 aliphatic carbocycles. The summed E-state index contributed by atoms with van der Waals surface area (Å²) in [7, 11) is 0. The highest BCUT2D eigenvalue weighted by atomic mass is 16.4. The molecule has 0 radical (unpaired) electrons. The second kappa shape index (κ2) is 9.18. The first kappa shape index (κ1) is 17.2. The summed E-state index contributed by atoms with van der Waals surface area (Å²) in [5.41, 5.74) is 0. The van der Waals surface area contributed by atoms with Crippen molar-refractivity contribution in [3.63, 3.8) is 0 Å². The van der Waals surface area contributed by atoms with E-state index in [1.165, 1.54) is 0 Å². The third-order valence-electron chi connectivity index (χ3n) is 2.78. The Kier molecular flexibility index (Phi) is 8.32. The topological polar surface area (TPSA) is 108 Å². The van der Waals surface area contributed by atoms with E-state index in [1.807, 2.05) is 13.8 Å². The lowest BCUT2D eigenvalue weighted by Crippen LogP contribution is -2.49. The number of carboxylic acid groups (broad SMARTS) is 1. The highest BCUT2D eigenvalue weighted by Gasteiger charge is 2.25. The molecule has 0 aromatic heterocycles. The van der Waals surface area contributed by atoms with Crippen LogP contribution in [0, 0.1) is 5.92 Å². The molecule has 0 bridgehead atoms. The van der Waals surface area contributed by atoms with Gasteiger partial charge in [0.05, 0.1) is 0 Å². The summed E-state index contributed by atoms with van der Waals surface area (Å²) in [5, 5.41) is 16.5. The van der Waals surface area contributed by atoms with Crippen LogP contribution in [0.15, 0.2) is 0 Å². The molecule has 0 heterocycles. The van der Waals surface area contributed by atoms with Crippen LogP contribution in [-0.2, 0) is 9.59 Å². The van der Waals surface area contributed by atoms with Gasteiger partial charge in [-0.1, -0.05) is 20.3 Å². The van der Waals surface area contributed by atoms with E-state index in [9.17, 15) is 14.4 Å². The van der Waals surface area contributed by atoms with E-state index >= 15 is 0 Å². The molecular weight excluding hydrogens is 250 g/mol. The molecule has 0 fully saturated rings. The van der Waals surface area contributed by atoms with E-state index in [0.717, 1.165) is 0 Å². The van der Waals surface area contributed by atoms with Gasteiger partial charge in [0.25, 0.3) is 0 Å². The number of carbonyl (C=O) groups excluding carboxylic acids is 2. The van der Waals surface area contributed by atoms with E-state index in [2.05, 4.69) is 16.0 Å². The van der Waals surface area contributed by atoms with Gasteiger partial charge in [0.15, 0.2) is 0 Å². The van der Waals surface area contributed by atoms with Crippen LogP contribution in [0.25, 0.3) is 0 Å². The van der Waals surface area contributed by atoms with Gasteiger partial charge in [-0.25, -0.2) is 9.59 Å². The molecule has 4 N–H and O–H groups in total. The van der Waals surface area contributed by atoms with Crippen LogP contribution in [0.3, 0.4) is 0 Å². The Labute approximate surface area is 113 Å². The lowest BCUT2D eigenvalue weighted by Gasteiger charge is -2.20. The molecule has 0 aromatic carbocycles. The lowest BCUT2D eigenvalue weighted by atomic mass is 9.99. The summed E-state index contributed by atoms with van der Waals surface area (Å²) >= 11 is 0. The molecule has 0 aromatic rings. The molecule has 0 spiro atoms. The summed E-state index contributed by atoms with van der Waals surface area (Å²) in [6.45, 7) is 6.13. The third kappa shape index (κ3) is 7.28. The van der Waals surface area contributed by atoms with Gasteiger partial charge in [0.2, 0.25) is 5.91 Å². The molecule has 0 rings (SSSR count). The minimum absolute atomic E-state index is 0.153. The molecule has 7 nitrogen and oxygen atoms in total. The summed E-state index contributed by atoms with van der Waals surface area (Å²) in [4.78, 5) is 33.6. The zero-order valence-corrected chi connectivity index (χ0v) is 11.7. The van der Waals surface area contributed by atoms with Crippen molar-refractivity contribution in [3.05, 3.63) is 0 Å². The van der Waals surface area contributed by atoms with Gasteiger partial charge in [-0.05, 0) is 12.8 Å². The molecule has 2 atom stereocenters. The molecule has 0 saturated heterocycles. The first-order valence-corrected chi connectivity index (χ1v) is 6.46. The summed E-state index contributed by atoms with van der Waals surface area (Å²) < 4.78 is 0. The monoisotopic (exact) mass is 273 g/mol. The van der Waals surface area contributed by atoms with Gasteiger partial charge in [-0.2, -0.15) is 0 Å². The number of urea groups is 1. The van der Waals surface area contributed by atoms with Crippen molar-refractivity contribution >= 4 is 17.9 Å². The standard InChI is InChI=1S/C12H23N3O4/c1-4-8(3)10(11(17)18)15-12(19)14-7-6-9(16)13-5-2/h8,10H,4-7H2,1-3H3,(H,13,16)(H,17,18)(H2,14,15,19). The quantitative estimate of drug-likeness (QED) is 0.510. The largest absolute Gasteiger partial charge is 0.480 e. The SMILES string of the molecule is CCNC(=O)CCNC(=O)NC(C(=O)O)C(C)CC. The van der Waals surface area contributed by atoms with Crippen LogP contribution >= 0.6 is 0 Å². The zero-order chi connectivity index (χ0) is 14.8. The Morgan fingerprint density at radius 1 is 1.16 bits per heavy atom. The van der Waals surface area contributed by atoms with Crippen molar-refractivity contribution in [2.24, 2.45) is 5.92 Å². The molecule has 19 heavy (non-hydrogen) atoms. The van der Waals surface area contributed by atoms with Gasteiger partial charge < -0.3 is 21.1 Å². The maximum atomic E-state index is 11.5. The van der Waals surface area contributed by atoms with Crippen LogP contribution in [0.1, 0.15) is 33.6 Å². The minimum atomic E-state index is -1.06. The molecule has 2 unspecified atom stereocenters. The Hall–Kier alpha value is -1.79. The van der Waals surface area contributed by atoms with E-state index < -0.39 is 18.0 Å². The molecule has 3 amide bonds. The van der Waals surface area contributed by atoms with E-state index in [1.54, 1.807) is 6.92 Å². The second-order valence-electron chi connectivity index (χ2n) is 4.31. The van der Waals surface area contributed by atoms with E-state index in [-0.39, 0.29) is 24.8 Å². The number of aliphatic carboxylic acids is 1. The highest BCUT2D eigenvalue weighted by Crippen LogP contribution is 2.07. The zero-order valence-electron chi connectivity index (χ0n) is 11.7. The van der Waals surface area contributed by atoms with Crippen molar-refractivity contribution in [3.8, 4) is 0 Å². The van der Waals surface area contributed by atoms with Crippen LogP contribution in [0.5, 0.6) is 0 Å². The fraction of sp³-hybridized carbons (Fsp3) is 0.750. The first-order valence-electron chi connectivity index (χ1n) is 6.46. The van der Waals surface area contributed by atoms with Gasteiger partial charge in [-0.3, -0.25) is 4.79 Å². The molecule has 0 aliphatic heterocycles. The number of nitrogens with one attached hydrogen (secondary N) is 3. The summed E-state index contributed by atoms with van der Waals surface area (Å²) in [6, 6.07) is -1.49. The van der Waals surface area contributed by atoms with Gasteiger partial charge in [-0.15, -0.1) is 0 Å². The Morgan fingerprint density at radius 2 is 1.79 bits per heavy atom.